The highest BCUT2D eigenvalue weighted by Crippen LogP contribution is 2.47. The van der Waals surface area contributed by atoms with Crippen molar-refractivity contribution in [1.29, 1.82) is 0 Å². The Morgan fingerprint density at radius 1 is 1.18 bits per heavy atom. The Morgan fingerprint density at radius 3 is 2.45 bits per heavy atom. The number of alkyl halides is 3. The normalized spacial score (nSPS) is 23.0. The van der Waals surface area contributed by atoms with Crippen LogP contribution in [0.4, 0.5) is 19.0 Å². The van der Waals surface area contributed by atoms with Crippen molar-refractivity contribution < 1.29 is 47.5 Å². The number of nitrogens with zero attached hydrogens (tertiary/aromatic N) is 3. The first-order valence-corrected chi connectivity index (χ1v) is 12.8. The summed E-state index contributed by atoms with van der Waals surface area (Å²) in [7, 11) is 1.51. The fraction of sp³-hybridized carbons (Fsp3) is 0.556. The van der Waals surface area contributed by atoms with Crippen LogP contribution in [0.2, 0.25) is 0 Å². The molecule has 3 heterocycles. The number of carbonyl (C=O) groups is 1. The first kappa shape index (κ1) is 29.7. The number of hydrogen-bond donors (Lipinski definition) is 3. The van der Waals surface area contributed by atoms with E-state index in [9.17, 15) is 33.3 Å². The molecule has 220 valence electrons. The molecule has 0 aliphatic carbocycles. The fourth-order valence-corrected chi connectivity index (χ4v) is 5.20. The third-order valence-corrected chi connectivity index (χ3v) is 7.78. The molecule has 1 aromatic heterocycles. The predicted molar refractivity (Wildman–Crippen MR) is 137 cm³/mol. The van der Waals surface area contributed by atoms with Crippen molar-refractivity contribution in [1.82, 2.24) is 9.88 Å². The minimum absolute atomic E-state index is 0.199. The van der Waals surface area contributed by atoms with Gasteiger partial charge in [0.05, 0.1) is 39.1 Å². The molecule has 13 heteroatoms. The highest BCUT2D eigenvalue weighted by Gasteiger charge is 2.49. The molecule has 2 aliphatic heterocycles. The summed E-state index contributed by atoms with van der Waals surface area (Å²) in [5.41, 5.74) is 0.384. The lowest BCUT2D eigenvalue weighted by atomic mass is 9.72. The van der Waals surface area contributed by atoms with Gasteiger partial charge in [-0.1, -0.05) is 13.0 Å². The van der Waals surface area contributed by atoms with E-state index in [2.05, 4.69) is 9.72 Å². The van der Waals surface area contributed by atoms with Gasteiger partial charge in [-0.15, -0.1) is 13.2 Å². The van der Waals surface area contributed by atoms with E-state index in [1.807, 2.05) is 24.0 Å². The molecule has 2 aromatic rings. The topological polar surface area (TPSA) is 125 Å². The third-order valence-electron chi connectivity index (χ3n) is 7.78. The minimum Gasteiger partial charge on any atom is -0.493 e. The molecule has 4 atom stereocenters. The molecule has 1 amide bonds. The predicted octanol–water partition coefficient (Wildman–Crippen LogP) is 2.23. The Bertz CT molecular complexity index is 1220. The summed E-state index contributed by atoms with van der Waals surface area (Å²) in [5, 5.41) is 29.7. The number of aliphatic hydroxyl groups is 3. The molecular weight excluding hydrogens is 535 g/mol. The van der Waals surface area contributed by atoms with Crippen molar-refractivity contribution in [2.24, 2.45) is 5.41 Å². The average Bonchev–Trinajstić information content (AvgIpc) is 3.24. The number of halogens is 3. The van der Waals surface area contributed by atoms with Gasteiger partial charge in [-0.3, -0.25) is 4.79 Å². The van der Waals surface area contributed by atoms with Crippen molar-refractivity contribution in [2.45, 2.75) is 51.4 Å². The van der Waals surface area contributed by atoms with E-state index >= 15 is 0 Å². The number of aryl methyl sites for hydroxylation is 1. The lowest BCUT2D eigenvalue weighted by Crippen LogP contribution is -2.54. The van der Waals surface area contributed by atoms with E-state index in [0.717, 1.165) is 11.8 Å². The number of methoxy groups -OCH3 is 1. The number of anilines is 1. The second-order valence-electron chi connectivity index (χ2n) is 10.6. The number of likely N-dealkylation sites (tertiary alicyclic amines) is 1. The molecule has 0 radical (unpaired) electrons. The molecule has 2 aliphatic rings. The summed E-state index contributed by atoms with van der Waals surface area (Å²) in [6.45, 7) is 5.67. The average molecular weight is 570 g/mol. The Kier molecular flexibility index (Phi) is 8.38. The summed E-state index contributed by atoms with van der Waals surface area (Å²) in [4.78, 5) is 20.0. The highest BCUT2D eigenvalue weighted by atomic mass is 19.4. The Labute approximate surface area is 229 Å². The zero-order chi connectivity index (χ0) is 29.4. The van der Waals surface area contributed by atoms with Crippen LogP contribution in [0.25, 0.3) is 0 Å². The van der Waals surface area contributed by atoms with Gasteiger partial charge < -0.3 is 39.3 Å². The van der Waals surface area contributed by atoms with Crippen LogP contribution in [0.15, 0.2) is 30.5 Å². The van der Waals surface area contributed by atoms with Crippen LogP contribution < -0.4 is 19.1 Å². The number of amides is 1. The van der Waals surface area contributed by atoms with E-state index in [-0.39, 0.29) is 30.9 Å². The summed E-state index contributed by atoms with van der Waals surface area (Å²) < 4.78 is 53.3. The van der Waals surface area contributed by atoms with E-state index in [1.165, 1.54) is 25.0 Å². The first-order valence-electron chi connectivity index (χ1n) is 12.8. The number of carbonyl (C=O) groups excluding carboxylic acids is 1. The van der Waals surface area contributed by atoms with E-state index < -0.39 is 36.5 Å². The molecule has 4 rings (SSSR count). The largest absolute Gasteiger partial charge is 0.573 e. The maximum Gasteiger partial charge on any atom is 0.573 e. The van der Waals surface area contributed by atoms with Gasteiger partial charge in [0.1, 0.15) is 11.9 Å². The molecule has 2 saturated heterocycles. The van der Waals surface area contributed by atoms with Crippen molar-refractivity contribution in [3.63, 3.8) is 0 Å². The van der Waals surface area contributed by atoms with Crippen LogP contribution in [-0.4, -0.2) is 95.7 Å². The maximum absolute atomic E-state index is 12.6. The van der Waals surface area contributed by atoms with Crippen molar-refractivity contribution >= 4 is 11.7 Å². The number of ether oxygens (including phenoxy) is 3. The zero-order valence-corrected chi connectivity index (χ0v) is 22.7. The van der Waals surface area contributed by atoms with E-state index in [4.69, 9.17) is 9.47 Å². The smallest absolute Gasteiger partial charge is 0.493 e. The molecule has 40 heavy (non-hydrogen) atoms. The number of aromatic nitrogens is 1. The summed E-state index contributed by atoms with van der Waals surface area (Å²) >= 11 is 0. The van der Waals surface area contributed by atoms with Gasteiger partial charge in [0, 0.05) is 24.4 Å². The van der Waals surface area contributed by atoms with Crippen molar-refractivity contribution in [3.8, 4) is 17.2 Å². The third kappa shape index (κ3) is 6.06. The molecule has 2 fully saturated rings. The Hall–Kier alpha value is -3.29. The van der Waals surface area contributed by atoms with Gasteiger partial charge in [0.2, 0.25) is 0 Å². The first-order chi connectivity index (χ1) is 18.8. The Morgan fingerprint density at radius 2 is 1.88 bits per heavy atom. The molecule has 0 saturated carbocycles. The summed E-state index contributed by atoms with van der Waals surface area (Å²) in [6.07, 6.45) is -6.30. The summed E-state index contributed by atoms with van der Waals surface area (Å²) in [6, 6.07) is 6.93. The van der Waals surface area contributed by atoms with Crippen LogP contribution in [0.1, 0.15) is 30.9 Å². The van der Waals surface area contributed by atoms with Gasteiger partial charge in [0.15, 0.2) is 23.4 Å². The van der Waals surface area contributed by atoms with Crippen molar-refractivity contribution in [3.05, 3.63) is 41.6 Å². The Balaban J connectivity index is 1.48. The van der Waals surface area contributed by atoms with Crippen LogP contribution >= 0.6 is 0 Å². The van der Waals surface area contributed by atoms with Gasteiger partial charge in [0.25, 0.3) is 5.91 Å². The van der Waals surface area contributed by atoms with Crippen LogP contribution in [-0.2, 0) is 4.79 Å². The van der Waals surface area contributed by atoms with E-state index in [0.29, 0.717) is 36.0 Å². The molecule has 0 spiro atoms. The monoisotopic (exact) mass is 569 g/mol. The summed E-state index contributed by atoms with van der Waals surface area (Å²) in [5.74, 6) is 0.215. The van der Waals surface area contributed by atoms with Gasteiger partial charge in [-0.05, 0) is 43.2 Å². The standard InChI is InChI=1S/C27H34F3N3O7/c1-15-7-24(31-9-23(15)40-27(28,29)30)32-10-18(11-32)39-22-8-17(5-6-21(22)38-4)19-12-33(25(37)20(36)13-34)14-26(19,3)16(2)35/h5-9,16,18-20,34-36H,10-14H2,1-4H3/t16-,19+,20+,26+/m1/s1. The van der Waals surface area contributed by atoms with Crippen LogP contribution in [0.3, 0.4) is 0 Å². The number of hydrogen-bond acceptors (Lipinski definition) is 9. The lowest BCUT2D eigenvalue weighted by molar-refractivity contribution is -0.275. The van der Waals surface area contributed by atoms with Gasteiger partial charge >= 0.3 is 6.36 Å². The van der Waals surface area contributed by atoms with E-state index in [1.54, 1.807) is 13.0 Å². The molecule has 0 bridgehead atoms. The molecule has 10 nitrogen and oxygen atoms in total. The lowest BCUT2D eigenvalue weighted by Gasteiger charge is -2.40. The second-order valence-corrected chi connectivity index (χ2v) is 10.6. The fourth-order valence-electron chi connectivity index (χ4n) is 5.20. The molecule has 3 N–H and O–H groups in total. The quantitative estimate of drug-likeness (QED) is 0.417. The van der Waals surface area contributed by atoms with Crippen LogP contribution in [0, 0.1) is 12.3 Å². The number of rotatable bonds is 9. The number of aliphatic hydroxyl groups excluding tert-OH is 3. The van der Waals surface area contributed by atoms with Crippen molar-refractivity contribution in [2.75, 3.05) is 44.8 Å². The zero-order valence-electron chi connectivity index (χ0n) is 22.7. The molecule has 1 aromatic carbocycles. The van der Waals surface area contributed by atoms with Crippen LogP contribution in [0.5, 0.6) is 17.2 Å². The molecule has 0 unspecified atom stereocenters. The number of pyridine rings is 1. The molecular formula is C27H34F3N3O7. The second kappa shape index (κ2) is 11.3. The van der Waals surface area contributed by atoms with Gasteiger partial charge in [-0.2, -0.15) is 0 Å². The van der Waals surface area contributed by atoms with Gasteiger partial charge in [-0.25, -0.2) is 4.98 Å². The highest BCUT2D eigenvalue weighted by molar-refractivity contribution is 5.81. The number of benzene rings is 1. The minimum atomic E-state index is -4.79. The SMILES string of the molecule is COc1ccc([C@@H]2CN(C(=O)[C@@H](O)CO)C[C@@]2(C)[C@@H](C)O)cc1OC1CN(c2cc(C)c(OC(F)(F)F)cn2)C1. The maximum atomic E-state index is 12.6.